The fraction of sp³-hybridized carbons (Fsp3) is 0.0909. The maximum atomic E-state index is 10.7. The SMILES string of the molecule is Cc1ccc(/C=C(\C#N)C(N)=O)cc1.Cc1ccc(/C=C(\C#N)C(N)=O)cc1. The lowest BCUT2D eigenvalue weighted by atomic mass is 10.1. The Bertz CT molecular complexity index is 903. The Hall–Kier alpha value is -4.16. The van der Waals surface area contributed by atoms with Gasteiger partial charge in [-0.15, -0.1) is 0 Å². The third-order valence-electron chi connectivity index (χ3n) is 3.55. The Labute approximate surface area is 164 Å². The van der Waals surface area contributed by atoms with Crippen molar-refractivity contribution in [1.29, 1.82) is 10.5 Å². The first-order valence-electron chi connectivity index (χ1n) is 8.23. The highest BCUT2D eigenvalue weighted by Gasteiger charge is 2.03. The van der Waals surface area contributed by atoms with Crippen molar-refractivity contribution in [3.63, 3.8) is 0 Å². The molecule has 2 rings (SSSR count). The van der Waals surface area contributed by atoms with E-state index in [9.17, 15) is 9.59 Å². The minimum absolute atomic E-state index is 0.0335. The van der Waals surface area contributed by atoms with Gasteiger partial charge in [0.25, 0.3) is 11.8 Å². The molecule has 0 saturated carbocycles. The number of amides is 2. The van der Waals surface area contributed by atoms with Crippen LogP contribution in [-0.2, 0) is 9.59 Å². The molecule has 2 aromatic rings. The van der Waals surface area contributed by atoms with Gasteiger partial charge in [-0.3, -0.25) is 9.59 Å². The summed E-state index contributed by atoms with van der Waals surface area (Å²) in [6.45, 7) is 3.93. The summed E-state index contributed by atoms with van der Waals surface area (Å²) in [7, 11) is 0. The van der Waals surface area contributed by atoms with Gasteiger partial charge in [0, 0.05) is 0 Å². The molecule has 0 aliphatic heterocycles. The molecule has 0 spiro atoms. The minimum Gasteiger partial charge on any atom is -0.365 e. The quantitative estimate of drug-likeness (QED) is 0.630. The molecule has 6 heteroatoms. The lowest BCUT2D eigenvalue weighted by Gasteiger charge is -1.95. The summed E-state index contributed by atoms with van der Waals surface area (Å²) >= 11 is 0. The average molecular weight is 372 g/mol. The maximum absolute atomic E-state index is 10.7. The number of hydrogen-bond donors (Lipinski definition) is 2. The summed E-state index contributed by atoms with van der Waals surface area (Å²) in [4.78, 5) is 21.5. The van der Waals surface area contributed by atoms with Crippen molar-refractivity contribution in [2.45, 2.75) is 13.8 Å². The molecule has 0 heterocycles. The second-order valence-corrected chi connectivity index (χ2v) is 5.89. The molecule has 0 saturated heterocycles. The summed E-state index contributed by atoms with van der Waals surface area (Å²) in [5.74, 6) is -1.40. The number of carbonyl (C=O) groups is 2. The summed E-state index contributed by atoms with van der Waals surface area (Å²) in [5.41, 5.74) is 13.8. The fourth-order valence-corrected chi connectivity index (χ4v) is 1.98. The van der Waals surface area contributed by atoms with Crippen LogP contribution in [0, 0.1) is 36.5 Å². The second kappa shape index (κ2) is 10.7. The molecule has 2 amide bonds. The van der Waals surface area contributed by atoms with Gasteiger partial charge < -0.3 is 11.5 Å². The van der Waals surface area contributed by atoms with Gasteiger partial charge in [-0.05, 0) is 37.1 Å². The highest BCUT2D eigenvalue weighted by Crippen LogP contribution is 2.08. The number of nitrogens with two attached hydrogens (primary N) is 2. The molecule has 0 fully saturated rings. The number of aryl methyl sites for hydroxylation is 2. The van der Waals surface area contributed by atoms with Gasteiger partial charge in [-0.25, -0.2) is 0 Å². The summed E-state index contributed by atoms with van der Waals surface area (Å²) in [6.07, 6.45) is 2.95. The third-order valence-corrected chi connectivity index (χ3v) is 3.55. The molecular weight excluding hydrogens is 352 g/mol. The van der Waals surface area contributed by atoms with Crippen molar-refractivity contribution in [2.75, 3.05) is 0 Å². The Morgan fingerprint density at radius 3 is 1.21 bits per heavy atom. The highest BCUT2D eigenvalue weighted by molar-refractivity contribution is 6.01. The van der Waals surface area contributed by atoms with Crippen LogP contribution in [0.4, 0.5) is 0 Å². The fourth-order valence-electron chi connectivity index (χ4n) is 1.98. The lowest BCUT2D eigenvalue weighted by molar-refractivity contribution is -0.115. The first-order valence-corrected chi connectivity index (χ1v) is 8.23. The van der Waals surface area contributed by atoms with Gasteiger partial charge in [0.2, 0.25) is 0 Å². The molecule has 4 N–H and O–H groups in total. The van der Waals surface area contributed by atoms with Gasteiger partial charge in [-0.1, -0.05) is 59.7 Å². The Morgan fingerprint density at radius 2 is 1.00 bits per heavy atom. The van der Waals surface area contributed by atoms with E-state index in [0.29, 0.717) is 0 Å². The van der Waals surface area contributed by atoms with Crippen molar-refractivity contribution in [3.8, 4) is 12.1 Å². The molecule has 0 atom stereocenters. The monoisotopic (exact) mass is 372 g/mol. The zero-order chi connectivity index (χ0) is 21.1. The second-order valence-electron chi connectivity index (χ2n) is 5.89. The molecule has 0 aliphatic carbocycles. The number of primary amides is 2. The Kier molecular flexibility index (Phi) is 8.40. The van der Waals surface area contributed by atoms with E-state index in [0.717, 1.165) is 22.3 Å². The zero-order valence-corrected chi connectivity index (χ0v) is 15.6. The van der Waals surface area contributed by atoms with Crippen LogP contribution in [0.1, 0.15) is 22.3 Å². The van der Waals surface area contributed by atoms with E-state index < -0.39 is 11.8 Å². The van der Waals surface area contributed by atoms with Gasteiger partial charge in [0.05, 0.1) is 0 Å². The topological polar surface area (TPSA) is 134 Å². The molecule has 6 nitrogen and oxygen atoms in total. The van der Waals surface area contributed by atoms with Crippen LogP contribution >= 0.6 is 0 Å². The molecular formula is C22H20N4O2. The molecule has 28 heavy (non-hydrogen) atoms. The number of carbonyl (C=O) groups excluding carboxylic acids is 2. The van der Waals surface area contributed by atoms with E-state index in [2.05, 4.69) is 0 Å². The van der Waals surface area contributed by atoms with Gasteiger partial charge in [0.15, 0.2) is 0 Å². The van der Waals surface area contributed by atoms with Crippen LogP contribution < -0.4 is 11.5 Å². The minimum atomic E-state index is -0.701. The summed E-state index contributed by atoms with van der Waals surface area (Å²) in [6, 6.07) is 18.4. The zero-order valence-electron chi connectivity index (χ0n) is 15.6. The Morgan fingerprint density at radius 1 is 0.714 bits per heavy atom. The molecule has 2 aromatic carbocycles. The number of nitrogens with zero attached hydrogens (tertiary/aromatic N) is 2. The summed E-state index contributed by atoms with van der Waals surface area (Å²) < 4.78 is 0. The van der Waals surface area contributed by atoms with E-state index in [1.165, 1.54) is 12.2 Å². The van der Waals surface area contributed by atoms with Crippen LogP contribution in [0.5, 0.6) is 0 Å². The molecule has 0 bridgehead atoms. The number of hydrogen-bond acceptors (Lipinski definition) is 4. The van der Waals surface area contributed by atoms with E-state index in [4.69, 9.17) is 22.0 Å². The van der Waals surface area contributed by atoms with Crippen molar-refractivity contribution >= 4 is 24.0 Å². The molecule has 0 aromatic heterocycles. The van der Waals surface area contributed by atoms with Crippen LogP contribution in [-0.4, -0.2) is 11.8 Å². The van der Waals surface area contributed by atoms with Crippen molar-refractivity contribution < 1.29 is 9.59 Å². The largest absolute Gasteiger partial charge is 0.365 e. The van der Waals surface area contributed by atoms with Crippen LogP contribution in [0.2, 0.25) is 0 Å². The number of nitriles is 2. The van der Waals surface area contributed by atoms with Crippen molar-refractivity contribution in [1.82, 2.24) is 0 Å². The first kappa shape index (κ1) is 21.9. The summed E-state index contributed by atoms with van der Waals surface area (Å²) in [5, 5.41) is 17.2. The number of benzene rings is 2. The normalized spacial score (nSPS) is 10.7. The van der Waals surface area contributed by atoms with Crippen molar-refractivity contribution in [2.24, 2.45) is 11.5 Å². The van der Waals surface area contributed by atoms with Gasteiger partial charge >= 0.3 is 0 Å². The van der Waals surface area contributed by atoms with Crippen LogP contribution in [0.25, 0.3) is 12.2 Å². The van der Waals surface area contributed by atoms with Crippen LogP contribution in [0.15, 0.2) is 59.7 Å². The van der Waals surface area contributed by atoms with E-state index in [1.54, 1.807) is 12.1 Å². The first-order chi connectivity index (χ1) is 13.3. The predicted octanol–water partition coefficient (Wildman–Crippen LogP) is 2.77. The molecule has 0 unspecified atom stereocenters. The average Bonchev–Trinajstić information content (AvgIpc) is 2.67. The Balaban J connectivity index is 0.000000280. The molecule has 0 aliphatic rings. The van der Waals surface area contributed by atoms with Crippen LogP contribution in [0.3, 0.4) is 0 Å². The highest BCUT2D eigenvalue weighted by atomic mass is 16.1. The molecule has 0 radical (unpaired) electrons. The van der Waals surface area contributed by atoms with E-state index in [-0.39, 0.29) is 11.1 Å². The predicted molar refractivity (Wildman–Crippen MR) is 108 cm³/mol. The standard InChI is InChI=1S/2C11H10N2O/c2*1-8-2-4-9(5-3-8)6-10(7-12)11(13)14/h2*2-6H,1H3,(H2,13,14)/b2*10-6+. The van der Waals surface area contributed by atoms with Crippen molar-refractivity contribution in [3.05, 3.63) is 81.9 Å². The molecule has 140 valence electrons. The van der Waals surface area contributed by atoms with E-state index in [1.807, 2.05) is 62.4 Å². The van der Waals surface area contributed by atoms with E-state index >= 15 is 0 Å². The lowest BCUT2D eigenvalue weighted by Crippen LogP contribution is -2.12. The van der Waals surface area contributed by atoms with Gasteiger partial charge in [-0.2, -0.15) is 10.5 Å². The number of rotatable bonds is 4. The van der Waals surface area contributed by atoms with Gasteiger partial charge in [0.1, 0.15) is 23.3 Å². The maximum Gasteiger partial charge on any atom is 0.259 e. The smallest absolute Gasteiger partial charge is 0.259 e. The third kappa shape index (κ3) is 7.38.